The summed E-state index contributed by atoms with van der Waals surface area (Å²) in [5.74, 6) is 1.09. The second kappa shape index (κ2) is 8.77. The molecule has 0 aliphatic carbocycles. The number of hydrogen-bond acceptors (Lipinski definition) is 8. The summed E-state index contributed by atoms with van der Waals surface area (Å²) in [7, 11) is 0. The predicted molar refractivity (Wildman–Crippen MR) is 140 cm³/mol. The van der Waals surface area contributed by atoms with E-state index in [1.54, 1.807) is 0 Å². The van der Waals surface area contributed by atoms with Gasteiger partial charge in [0.1, 0.15) is 24.3 Å². The Morgan fingerprint density at radius 1 is 0.553 bits per heavy atom. The summed E-state index contributed by atoms with van der Waals surface area (Å²) in [6.45, 7) is 0. The Morgan fingerprint density at radius 2 is 0.921 bits per heavy atom. The fourth-order valence-electron chi connectivity index (χ4n) is 4.66. The molecule has 0 atom stereocenters. The van der Waals surface area contributed by atoms with Crippen LogP contribution in [0, 0.1) is 45.3 Å². The SMILES string of the molecule is N#CC(C#N)=C1Nc2cc3c(-c4ccccc4)c4c(cc3c(-c3ccccc3)c2O1)NC(=C(C#N)C#N)O4. The zero-order valence-electron chi connectivity index (χ0n) is 19.5. The monoisotopic (exact) mass is 490 g/mol. The predicted octanol–water partition coefficient (Wildman–Crippen LogP) is 6.30. The van der Waals surface area contributed by atoms with E-state index >= 15 is 0 Å². The van der Waals surface area contributed by atoms with Crippen LogP contribution in [0.3, 0.4) is 0 Å². The molecule has 8 nitrogen and oxygen atoms in total. The van der Waals surface area contributed by atoms with Gasteiger partial charge in [-0.2, -0.15) is 21.0 Å². The number of nitriles is 4. The molecule has 0 unspecified atom stereocenters. The number of anilines is 2. The minimum atomic E-state index is -0.171. The first-order valence-corrected chi connectivity index (χ1v) is 11.4. The van der Waals surface area contributed by atoms with Crippen molar-refractivity contribution < 1.29 is 9.47 Å². The van der Waals surface area contributed by atoms with Crippen LogP contribution in [0.2, 0.25) is 0 Å². The Kier molecular flexibility index (Phi) is 5.14. The molecule has 0 saturated carbocycles. The van der Waals surface area contributed by atoms with Gasteiger partial charge in [-0.25, -0.2) is 0 Å². The Bertz CT molecular complexity index is 1720. The molecular weight excluding hydrogens is 476 g/mol. The first-order chi connectivity index (χ1) is 18.7. The van der Waals surface area contributed by atoms with Crippen molar-refractivity contribution in [3.8, 4) is 58.0 Å². The van der Waals surface area contributed by atoms with Gasteiger partial charge in [0.15, 0.2) is 22.6 Å². The zero-order chi connectivity index (χ0) is 26.2. The van der Waals surface area contributed by atoms with E-state index in [4.69, 9.17) is 9.47 Å². The fraction of sp³-hybridized carbons (Fsp3) is 0. The highest BCUT2D eigenvalue weighted by atomic mass is 16.5. The topological polar surface area (TPSA) is 138 Å². The van der Waals surface area contributed by atoms with Crippen molar-refractivity contribution >= 4 is 22.1 Å². The highest BCUT2D eigenvalue weighted by Gasteiger charge is 2.32. The molecule has 4 aromatic carbocycles. The number of rotatable bonds is 2. The molecule has 4 aromatic rings. The van der Waals surface area contributed by atoms with Crippen molar-refractivity contribution in [2.45, 2.75) is 0 Å². The molecular formula is C30H14N6O2. The maximum atomic E-state index is 9.43. The summed E-state index contributed by atoms with van der Waals surface area (Å²) >= 11 is 0. The van der Waals surface area contributed by atoms with Crippen molar-refractivity contribution in [1.82, 2.24) is 0 Å². The van der Waals surface area contributed by atoms with Crippen LogP contribution >= 0.6 is 0 Å². The quantitative estimate of drug-likeness (QED) is 0.312. The molecule has 0 spiro atoms. The number of hydrogen-bond donors (Lipinski definition) is 2. The molecule has 0 aromatic heterocycles. The van der Waals surface area contributed by atoms with E-state index in [0.29, 0.717) is 22.9 Å². The summed E-state index contributed by atoms with van der Waals surface area (Å²) in [4.78, 5) is 0. The number of ether oxygens (including phenoxy) is 2. The largest absolute Gasteiger partial charge is 0.436 e. The molecule has 0 saturated heterocycles. The molecule has 2 aliphatic heterocycles. The van der Waals surface area contributed by atoms with Gasteiger partial charge in [-0.3, -0.25) is 0 Å². The third-order valence-electron chi connectivity index (χ3n) is 6.28. The Morgan fingerprint density at radius 3 is 1.26 bits per heavy atom. The average molecular weight is 490 g/mol. The van der Waals surface area contributed by atoms with Gasteiger partial charge in [-0.1, -0.05) is 60.7 Å². The van der Waals surface area contributed by atoms with E-state index in [9.17, 15) is 21.0 Å². The summed E-state index contributed by atoms with van der Waals surface area (Å²) in [6, 6.07) is 30.5. The molecule has 38 heavy (non-hydrogen) atoms. The van der Waals surface area contributed by atoms with Crippen LogP contribution in [-0.2, 0) is 0 Å². The molecule has 2 heterocycles. The summed E-state index contributed by atoms with van der Waals surface area (Å²) in [5.41, 5.74) is 4.04. The number of benzene rings is 4. The summed E-state index contributed by atoms with van der Waals surface area (Å²) in [5, 5.41) is 45.5. The molecule has 0 amide bonds. The minimum Gasteiger partial charge on any atom is -0.436 e. The van der Waals surface area contributed by atoms with E-state index in [0.717, 1.165) is 33.0 Å². The lowest BCUT2D eigenvalue weighted by molar-refractivity contribution is 0.456. The van der Waals surface area contributed by atoms with Gasteiger partial charge < -0.3 is 20.1 Å². The highest BCUT2D eigenvalue weighted by molar-refractivity contribution is 6.14. The lowest BCUT2D eigenvalue weighted by Crippen LogP contribution is -2.00. The standard InChI is InChI=1S/C30H14N6O2/c31-13-19(14-32)29-35-23-12-22-21(25(27(23)37-29)17-7-3-1-4-8-17)11-24-28(26(22)18-9-5-2-6-10-18)38-30(36-24)20(15-33)16-34/h1-12,35-36H. The summed E-state index contributed by atoms with van der Waals surface area (Å²) in [6.07, 6.45) is 0. The average Bonchev–Trinajstić information content (AvgIpc) is 3.57. The van der Waals surface area contributed by atoms with Gasteiger partial charge in [-0.05, 0) is 34.0 Å². The van der Waals surface area contributed by atoms with Gasteiger partial charge in [0, 0.05) is 11.1 Å². The van der Waals surface area contributed by atoms with Crippen molar-refractivity contribution in [3.05, 3.63) is 95.7 Å². The first-order valence-electron chi connectivity index (χ1n) is 11.4. The Labute approximate surface area is 217 Å². The molecule has 176 valence electrons. The zero-order valence-corrected chi connectivity index (χ0v) is 19.5. The van der Waals surface area contributed by atoms with Gasteiger partial charge >= 0.3 is 0 Å². The Hall–Kier alpha value is -6.22. The second-order valence-corrected chi connectivity index (χ2v) is 8.39. The number of nitrogens with one attached hydrogen (secondary N) is 2. The van der Waals surface area contributed by atoms with E-state index < -0.39 is 0 Å². The molecule has 0 bridgehead atoms. The van der Waals surface area contributed by atoms with Crippen molar-refractivity contribution in [3.63, 3.8) is 0 Å². The van der Waals surface area contributed by atoms with Gasteiger partial charge in [0.25, 0.3) is 0 Å². The highest BCUT2D eigenvalue weighted by Crippen LogP contribution is 2.54. The van der Waals surface area contributed by atoms with E-state index in [2.05, 4.69) is 10.6 Å². The van der Waals surface area contributed by atoms with Crippen LogP contribution in [0.1, 0.15) is 0 Å². The van der Waals surface area contributed by atoms with E-state index in [-0.39, 0.29) is 22.9 Å². The normalized spacial score (nSPS) is 12.3. The van der Waals surface area contributed by atoms with Crippen LogP contribution in [0.5, 0.6) is 11.5 Å². The van der Waals surface area contributed by atoms with Gasteiger partial charge in [0.05, 0.1) is 11.4 Å². The second-order valence-electron chi connectivity index (χ2n) is 8.39. The number of allylic oxidation sites excluding steroid dienone is 2. The van der Waals surface area contributed by atoms with E-state index in [1.165, 1.54) is 0 Å². The van der Waals surface area contributed by atoms with Crippen LogP contribution in [0.15, 0.2) is 95.7 Å². The molecule has 2 aliphatic rings. The van der Waals surface area contributed by atoms with E-state index in [1.807, 2.05) is 97.1 Å². The molecule has 0 fully saturated rings. The van der Waals surface area contributed by atoms with Gasteiger partial charge in [-0.15, -0.1) is 0 Å². The fourth-order valence-corrected chi connectivity index (χ4v) is 4.66. The maximum Gasteiger partial charge on any atom is 0.226 e. The van der Waals surface area contributed by atoms with Crippen molar-refractivity contribution in [1.29, 1.82) is 21.0 Å². The van der Waals surface area contributed by atoms with Crippen LogP contribution in [0.4, 0.5) is 11.4 Å². The summed E-state index contributed by atoms with van der Waals surface area (Å²) < 4.78 is 12.2. The molecule has 0 radical (unpaired) electrons. The van der Waals surface area contributed by atoms with Gasteiger partial charge in [0.2, 0.25) is 11.8 Å². The van der Waals surface area contributed by atoms with Crippen LogP contribution in [-0.4, -0.2) is 0 Å². The molecule has 8 heteroatoms. The minimum absolute atomic E-state index is 0.0681. The number of nitrogens with zero attached hydrogens (tertiary/aromatic N) is 4. The van der Waals surface area contributed by atoms with Crippen LogP contribution < -0.4 is 20.1 Å². The first kappa shape index (κ1) is 22.3. The lowest BCUT2D eigenvalue weighted by atomic mass is 9.90. The molecule has 6 rings (SSSR count). The smallest absolute Gasteiger partial charge is 0.226 e. The Balaban J connectivity index is 1.74. The van der Waals surface area contributed by atoms with Crippen LogP contribution in [0.25, 0.3) is 33.0 Å². The van der Waals surface area contributed by atoms with Crippen molar-refractivity contribution in [2.24, 2.45) is 0 Å². The third kappa shape index (κ3) is 3.35. The third-order valence-corrected chi connectivity index (χ3v) is 6.28. The lowest BCUT2D eigenvalue weighted by Gasteiger charge is -2.17. The molecule has 2 N–H and O–H groups in total. The number of fused-ring (bicyclic) bond motifs is 3. The van der Waals surface area contributed by atoms with Crippen molar-refractivity contribution in [2.75, 3.05) is 10.6 Å². The maximum absolute atomic E-state index is 9.43.